The van der Waals surface area contributed by atoms with Crippen molar-refractivity contribution in [3.05, 3.63) is 17.9 Å². The van der Waals surface area contributed by atoms with Crippen molar-refractivity contribution in [1.82, 2.24) is 5.32 Å². The van der Waals surface area contributed by atoms with Crippen LogP contribution in [0.4, 0.5) is 0 Å². The molecule has 1 aromatic rings. The van der Waals surface area contributed by atoms with Crippen molar-refractivity contribution in [2.75, 3.05) is 5.75 Å². The Hall–Kier alpha value is -0.500. The molecule has 19 heavy (non-hydrogen) atoms. The first kappa shape index (κ1) is 14.9. The number of primary sulfonamides is 1. The zero-order valence-electron chi connectivity index (χ0n) is 11.0. The van der Waals surface area contributed by atoms with Gasteiger partial charge in [-0.15, -0.1) is 0 Å². The number of nitrogens with two attached hydrogens (primary N) is 1. The van der Waals surface area contributed by atoms with Gasteiger partial charge < -0.3 is 9.73 Å². The van der Waals surface area contributed by atoms with Crippen molar-refractivity contribution < 1.29 is 12.8 Å². The van der Waals surface area contributed by atoms with Crippen molar-refractivity contribution in [1.29, 1.82) is 0 Å². The van der Waals surface area contributed by atoms with Crippen LogP contribution < -0.4 is 10.5 Å². The van der Waals surface area contributed by atoms with Gasteiger partial charge in [0.25, 0.3) is 10.0 Å². The lowest BCUT2D eigenvalue weighted by atomic mass is 10.2. The first-order valence-corrected chi connectivity index (χ1v) is 9.05. The van der Waals surface area contributed by atoms with Gasteiger partial charge in [-0.3, -0.25) is 0 Å². The minimum atomic E-state index is -3.73. The first-order chi connectivity index (χ1) is 8.99. The van der Waals surface area contributed by atoms with E-state index in [1.54, 1.807) is 6.07 Å². The molecule has 0 spiro atoms. The second-order valence-corrected chi connectivity index (χ2v) is 7.80. The highest BCUT2D eigenvalue weighted by atomic mass is 32.2. The monoisotopic (exact) mass is 304 g/mol. The quantitative estimate of drug-likeness (QED) is 0.835. The van der Waals surface area contributed by atoms with Crippen LogP contribution in [0.25, 0.3) is 0 Å². The van der Waals surface area contributed by atoms with E-state index < -0.39 is 10.0 Å². The second kappa shape index (κ2) is 6.30. The van der Waals surface area contributed by atoms with Gasteiger partial charge in [0.2, 0.25) is 5.09 Å². The summed E-state index contributed by atoms with van der Waals surface area (Å²) >= 11 is 2.01. The van der Waals surface area contributed by atoms with Crippen LogP contribution in [0.2, 0.25) is 0 Å². The van der Waals surface area contributed by atoms with Gasteiger partial charge >= 0.3 is 0 Å². The van der Waals surface area contributed by atoms with Crippen LogP contribution in [0.3, 0.4) is 0 Å². The van der Waals surface area contributed by atoms with Gasteiger partial charge in [-0.05, 0) is 37.1 Å². The molecule has 5 nitrogen and oxygen atoms in total. The minimum absolute atomic E-state index is 0.171. The second-order valence-electron chi connectivity index (χ2n) is 4.73. The summed E-state index contributed by atoms with van der Waals surface area (Å²) in [6.45, 7) is 2.73. The highest BCUT2D eigenvalue weighted by Crippen LogP contribution is 2.29. The zero-order valence-corrected chi connectivity index (χ0v) is 12.6. The molecule has 2 rings (SSSR count). The standard InChI is InChI=1S/C12H20N2O3S2/c1-2-18-11-5-3-9(7-11)14-8-10-4-6-12(17-10)19(13,15)16/h4,6,9,11,14H,2-3,5,7-8H2,1H3,(H2,13,15,16). The largest absolute Gasteiger partial charge is 0.447 e. The van der Waals surface area contributed by atoms with Crippen LogP contribution in [0.15, 0.2) is 21.6 Å². The molecule has 3 N–H and O–H groups in total. The highest BCUT2D eigenvalue weighted by Gasteiger charge is 2.24. The average Bonchev–Trinajstić information content (AvgIpc) is 2.94. The molecule has 1 aliphatic rings. The summed E-state index contributed by atoms with van der Waals surface area (Å²) in [6, 6.07) is 3.54. The fraction of sp³-hybridized carbons (Fsp3) is 0.667. The molecule has 1 saturated carbocycles. The van der Waals surface area contributed by atoms with Crippen molar-refractivity contribution in [2.24, 2.45) is 5.14 Å². The minimum Gasteiger partial charge on any atom is -0.447 e. The normalized spacial score (nSPS) is 23.9. The SMILES string of the molecule is CCSC1CCC(NCc2ccc(S(N)(=O)=O)o2)C1. The van der Waals surface area contributed by atoms with E-state index >= 15 is 0 Å². The predicted octanol–water partition coefficient (Wildman–Crippen LogP) is 1.69. The molecule has 0 radical (unpaired) electrons. The van der Waals surface area contributed by atoms with Crippen molar-refractivity contribution in [3.8, 4) is 0 Å². The third-order valence-electron chi connectivity index (χ3n) is 3.27. The van der Waals surface area contributed by atoms with Crippen molar-refractivity contribution in [3.63, 3.8) is 0 Å². The van der Waals surface area contributed by atoms with E-state index in [2.05, 4.69) is 12.2 Å². The van der Waals surface area contributed by atoms with Crippen molar-refractivity contribution >= 4 is 21.8 Å². The Labute approximate surface area is 118 Å². The molecule has 1 fully saturated rings. The maximum absolute atomic E-state index is 11.1. The van der Waals surface area contributed by atoms with E-state index in [9.17, 15) is 8.42 Å². The molecular formula is C12H20N2O3S2. The van der Waals surface area contributed by atoms with Gasteiger partial charge in [-0.2, -0.15) is 11.8 Å². The Balaban J connectivity index is 1.82. The summed E-state index contributed by atoms with van der Waals surface area (Å²) < 4.78 is 27.4. The van der Waals surface area contributed by atoms with Gasteiger partial charge in [0, 0.05) is 11.3 Å². The first-order valence-electron chi connectivity index (χ1n) is 6.45. The Morgan fingerprint density at radius 1 is 1.47 bits per heavy atom. The molecule has 0 bridgehead atoms. The van der Waals surface area contributed by atoms with Crippen LogP contribution in [0.5, 0.6) is 0 Å². The summed E-state index contributed by atoms with van der Waals surface area (Å²) in [5, 5.41) is 8.98. The Kier molecular flexibility index (Phi) is 4.94. The summed E-state index contributed by atoms with van der Waals surface area (Å²) in [7, 11) is -3.73. The fourth-order valence-corrected chi connectivity index (χ4v) is 3.99. The molecule has 2 atom stereocenters. The highest BCUT2D eigenvalue weighted by molar-refractivity contribution is 7.99. The van der Waals surface area contributed by atoms with E-state index in [1.165, 1.54) is 25.3 Å². The number of hydrogen-bond acceptors (Lipinski definition) is 5. The summed E-state index contributed by atoms with van der Waals surface area (Å²) in [6.07, 6.45) is 3.58. The smallest absolute Gasteiger partial charge is 0.271 e. The van der Waals surface area contributed by atoms with E-state index in [4.69, 9.17) is 9.56 Å². The van der Waals surface area contributed by atoms with Crippen LogP contribution >= 0.6 is 11.8 Å². The lowest BCUT2D eigenvalue weighted by molar-refractivity contribution is 0.389. The third-order valence-corrected chi connectivity index (χ3v) is 5.28. The number of nitrogens with one attached hydrogen (secondary N) is 1. The lowest BCUT2D eigenvalue weighted by Gasteiger charge is -2.11. The van der Waals surface area contributed by atoms with Crippen LogP contribution in [-0.2, 0) is 16.6 Å². The van der Waals surface area contributed by atoms with Gasteiger partial charge in [0.1, 0.15) is 5.76 Å². The van der Waals surface area contributed by atoms with E-state index in [0.717, 1.165) is 11.0 Å². The van der Waals surface area contributed by atoms with Crippen LogP contribution in [-0.4, -0.2) is 25.5 Å². The number of hydrogen-bond donors (Lipinski definition) is 2. The topological polar surface area (TPSA) is 85.3 Å². The molecular weight excluding hydrogens is 284 g/mol. The molecule has 0 saturated heterocycles. The number of rotatable bonds is 6. The predicted molar refractivity (Wildman–Crippen MR) is 76.5 cm³/mol. The zero-order chi connectivity index (χ0) is 13.9. The van der Waals surface area contributed by atoms with E-state index in [0.29, 0.717) is 18.3 Å². The lowest BCUT2D eigenvalue weighted by Crippen LogP contribution is -2.25. The van der Waals surface area contributed by atoms with E-state index in [-0.39, 0.29) is 5.09 Å². The molecule has 1 aromatic heterocycles. The molecule has 0 aromatic carbocycles. The number of furan rings is 1. The van der Waals surface area contributed by atoms with Crippen molar-refractivity contribution in [2.45, 2.75) is 49.1 Å². The summed E-state index contributed by atoms with van der Waals surface area (Å²) in [5.41, 5.74) is 0. The Morgan fingerprint density at radius 3 is 2.89 bits per heavy atom. The van der Waals surface area contributed by atoms with Crippen LogP contribution in [0.1, 0.15) is 31.9 Å². The van der Waals surface area contributed by atoms with Crippen LogP contribution in [0, 0.1) is 0 Å². The van der Waals surface area contributed by atoms with Gasteiger partial charge in [0.15, 0.2) is 0 Å². The molecule has 7 heteroatoms. The average molecular weight is 304 g/mol. The molecule has 2 unspecified atom stereocenters. The molecule has 0 amide bonds. The molecule has 1 heterocycles. The number of thioether (sulfide) groups is 1. The Morgan fingerprint density at radius 2 is 2.26 bits per heavy atom. The molecule has 108 valence electrons. The van der Waals surface area contributed by atoms with E-state index in [1.807, 2.05) is 11.8 Å². The summed E-state index contributed by atoms with van der Waals surface area (Å²) in [5.74, 6) is 1.77. The maximum Gasteiger partial charge on any atom is 0.271 e. The fourth-order valence-electron chi connectivity index (χ4n) is 2.36. The van der Waals surface area contributed by atoms with Gasteiger partial charge in [-0.1, -0.05) is 6.92 Å². The summed E-state index contributed by atoms with van der Waals surface area (Å²) in [4.78, 5) is 0. The third kappa shape index (κ3) is 4.24. The Bertz CT molecular complexity index is 513. The molecule has 0 aliphatic heterocycles. The maximum atomic E-state index is 11.1. The molecule has 1 aliphatic carbocycles. The van der Waals surface area contributed by atoms with Gasteiger partial charge in [0.05, 0.1) is 6.54 Å². The number of sulfonamides is 1. The van der Waals surface area contributed by atoms with Gasteiger partial charge in [-0.25, -0.2) is 13.6 Å².